The molecule has 15 heavy (non-hydrogen) atoms. The minimum atomic E-state index is -1.27. The van der Waals surface area contributed by atoms with Gasteiger partial charge in [-0.15, -0.1) is 5.54 Å². The van der Waals surface area contributed by atoms with Crippen LogP contribution in [-0.4, -0.2) is 23.9 Å². The number of nitrogens with zero attached hydrogens (tertiary/aromatic N) is 2. The molecule has 0 saturated carbocycles. The molecule has 1 aromatic rings. The van der Waals surface area contributed by atoms with E-state index < -0.39 is 8.07 Å². The minimum Gasteiger partial charge on any atom is -0.305 e. The third-order valence-corrected chi connectivity index (χ3v) is 3.64. The molecule has 0 aliphatic carbocycles. The van der Waals surface area contributed by atoms with Gasteiger partial charge in [-0.05, 0) is 17.6 Å². The van der Waals surface area contributed by atoms with Gasteiger partial charge >= 0.3 is 0 Å². The molecule has 0 aromatic carbocycles. The second kappa shape index (κ2) is 3.84. The van der Waals surface area contributed by atoms with Gasteiger partial charge in [-0.2, -0.15) is 4.37 Å². The predicted octanol–water partition coefficient (Wildman–Crippen LogP) is 0.816. The summed E-state index contributed by atoms with van der Waals surface area (Å²) < 4.78 is 5.42. The lowest BCUT2D eigenvalue weighted by Gasteiger charge is -2.13. The van der Waals surface area contributed by atoms with Gasteiger partial charge in [0.05, 0.1) is 17.3 Å². The Kier molecular flexibility index (Phi) is 2.68. The molecule has 1 aromatic heterocycles. The molecule has 78 valence electrons. The first-order chi connectivity index (χ1) is 7.04. The van der Waals surface area contributed by atoms with E-state index in [1.807, 2.05) is 6.20 Å². The molecular formula is C11H14N2SSi. The van der Waals surface area contributed by atoms with E-state index in [4.69, 9.17) is 0 Å². The van der Waals surface area contributed by atoms with Crippen molar-refractivity contribution < 1.29 is 0 Å². The summed E-state index contributed by atoms with van der Waals surface area (Å²) in [6.07, 6.45) is 6.18. The summed E-state index contributed by atoms with van der Waals surface area (Å²) in [6, 6.07) is 3.23. The quantitative estimate of drug-likeness (QED) is 0.488. The summed E-state index contributed by atoms with van der Waals surface area (Å²) in [5, 5.41) is 1.19. The Balaban J connectivity index is 2.26. The molecule has 0 saturated heterocycles. The molecule has 1 aliphatic heterocycles. The second-order valence-electron chi connectivity index (χ2n) is 4.62. The highest BCUT2D eigenvalue weighted by Gasteiger charge is 2.08. The average Bonchev–Trinajstić information content (AvgIpc) is 2.60. The lowest BCUT2D eigenvalue weighted by atomic mass is 10.3. The van der Waals surface area contributed by atoms with E-state index in [1.165, 1.54) is 9.75 Å². The fraction of sp³-hybridized carbons (Fsp3) is 0.364. The highest BCUT2D eigenvalue weighted by molar-refractivity contribution is 7.03. The molecular weight excluding hydrogens is 220 g/mol. The van der Waals surface area contributed by atoms with Gasteiger partial charge in [-0.1, -0.05) is 19.6 Å². The van der Waals surface area contributed by atoms with Crippen LogP contribution in [0.4, 0.5) is 0 Å². The van der Waals surface area contributed by atoms with Crippen molar-refractivity contribution in [1.82, 2.24) is 9.27 Å². The van der Waals surface area contributed by atoms with Gasteiger partial charge in [0.1, 0.15) is 8.07 Å². The number of hydrogen-bond donors (Lipinski definition) is 0. The molecule has 0 amide bonds. The molecule has 2 heterocycles. The highest BCUT2D eigenvalue weighted by atomic mass is 32.1. The Hall–Kier alpha value is -1.05. The number of rotatable bonds is 0. The maximum atomic E-state index is 4.16. The van der Waals surface area contributed by atoms with Crippen LogP contribution in [0.3, 0.4) is 0 Å². The number of fused-ring (bicyclic) bond motifs is 1. The topological polar surface area (TPSA) is 16.1 Å². The van der Waals surface area contributed by atoms with Crippen molar-refractivity contribution in [2.75, 3.05) is 6.54 Å². The van der Waals surface area contributed by atoms with Gasteiger partial charge in [0.2, 0.25) is 0 Å². The predicted molar refractivity (Wildman–Crippen MR) is 68.1 cm³/mol. The summed E-state index contributed by atoms with van der Waals surface area (Å²) in [7, 11) is -1.27. The molecule has 0 fully saturated rings. The molecule has 0 N–H and O–H groups in total. The molecule has 0 radical (unpaired) electrons. The molecule has 1 aliphatic rings. The summed E-state index contributed by atoms with van der Waals surface area (Å²) in [5.41, 5.74) is 3.36. The second-order valence-corrected chi connectivity index (χ2v) is 10.2. The summed E-state index contributed by atoms with van der Waals surface area (Å²) >= 11 is 1.55. The smallest absolute Gasteiger partial charge is 0.131 e. The van der Waals surface area contributed by atoms with Crippen molar-refractivity contribution in [3.8, 4) is 11.6 Å². The van der Waals surface area contributed by atoms with Gasteiger partial charge in [0.15, 0.2) is 0 Å². The molecule has 0 bridgehead atoms. The van der Waals surface area contributed by atoms with E-state index in [9.17, 15) is 0 Å². The standard InChI is InChI=1S/C11H14N2SSi/c1-15(2,3)7-6-13-5-4-11-10(9-13)8-12-14-11/h4,8-9H,5H2,1-3H3. The van der Waals surface area contributed by atoms with E-state index >= 15 is 0 Å². The van der Waals surface area contributed by atoms with Crippen LogP contribution >= 0.6 is 11.5 Å². The van der Waals surface area contributed by atoms with Gasteiger partial charge in [-0.25, -0.2) is 0 Å². The fourth-order valence-electron chi connectivity index (χ4n) is 1.23. The third-order valence-electron chi connectivity index (χ3n) is 1.97. The van der Waals surface area contributed by atoms with Crippen molar-refractivity contribution in [2.45, 2.75) is 19.6 Å². The molecule has 0 unspecified atom stereocenters. The highest BCUT2D eigenvalue weighted by Crippen LogP contribution is 1.98. The average molecular weight is 234 g/mol. The van der Waals surface area contributed by atoms with Crippen LogP contribution in [0.25, 0.3) is 12.3 Å². The van der Waals surface area contributed by atoms with Gasteiger partial charge in [-0.3, -0.25) is 0 Å². The van der Waals surface area contributed by atoms with E-state index in [2.05, 4.69) is 52.8 Å². The van der Waals surface area contributed by atoms with E-state index in [0.29, 0.717) is 0 Å². The minimum absolute atomic E-state index is 0.882. The Morgan fingerprint density at radius 2 is 2.27 bits per heavy atom. The lowest BCUT2D eigenvalue weighted by molar-refractivity contribution is 0.659. The molecule has 4 heteroatoms. The Labute approximate surface area is 95.1 Å². The molecule has 2 nitrogen and oxygen atoms in total. The number of hydrogen-bond acceptors (Lipinski definition) is 3. The maximum Gasteiger partial charge on any atom is 0.131 e. The zero-order valence-electron chi connectivity index (χ0n) is 9.24. The van der Waals surface area contributed by atoms with Crippen LogP contribution in [0.15, 0.2) is 6.20 Å². The van der Waals surface area contributed by atoms with Crippen LogP contribution in [0.1, 0.15) is 0 Å². The van der Waals surface area contributed by atoms with Crippen molar-refractivity contribution in [3.05, 3.63) is 15.9 Å². The maximum absolute atomic E-state index is 4.16. The zero-order chi connectivity index (χ0) is 10.9. The van der Waals surface area contributed by atoms with Gasteiger partial charge < -0.3 is 4.90 Å². The van der Waals surface area contributed by atoms with E-state index in [1.54, 1.807) is 11.5 Å². The molecule has 0 atom stereocenters. The van der Waals surface area contributed by atoms with Gasteiger partial charge in [0.25, 0.3) is 0 Å². The lowest BCUT2D eigenvalue weighted by Crippen LogP contribution is -2.30. The summed E-state index contributed by atoms with van der Waals surface area (Å²) in [4.78, 5) is 2.05. The van der Waals surface area contributed by atoms with Crippen LogP contribution in [0, 0.1) is 11.6 Å². The van der Waals surface area contributed by atoms with Crippen molar-refractivity contribution in [1.29, 1.82) is 0 Å². The molecule has 0 spiro atoms. The first-order valence-electron chi connectivity index (χ1n) is 4.97. The van der Waals surface area contributed by atoms with Gasteiger partial charge in [0, 0.05) is 17.5 Å². The zero-order valence-corrected chi connectivity index (χ0v) is 11.1. The van der Waals surface area contributed by atoms with Crippen molar-refractivity contribution in [2.24, 2.45) is 0 Å². The fourth-order valence-corrected chi connectivity index (χ4v) is 2.35. The Morgan fingerprint density at radius 1 is 1.47 bits per heavy atom. The van der Waals surface area contributed by atoms with Crippen LogP contribution in [0.5, 0.6) is 0 Å². The van der Waals surface area contributed by atoms with E-state index in [-0.39, 0.29) is 0 Å². The third kappa shape index (κ3) is 2.71. The van der Waals surface area contributed by atoms with Crippen LogP contribution in [-0.2, 0) is 0 Å². The SMILES string of the molecule is C[Si](C)(C)C#CN1C=c2cnsc2=CC1. The van der Waals surface area contributed by atoms with Crippen LogP contribution < -0.4 is 9.75 Å². The molecule has 2 rings (SSSR count). The Morgan fingerprint density at radius 3 is 3.00 bits per heavy atom. The summed E-state index contributed by atoms with van der Waals surface area (Å²) in [6.45, 7) is 7.65. The normalized spacial score (nSPS) is 14.5. The van der Waals surface area contributed by atoms with Crippen molar-refractivity contribution in [3.63, 3.8) is 0 Å². The van der Waals surface area contributed by atoms with Crippen LogP contribution in [0.2, 0.25) is 19.6 Å². The van der Waals surface area contributed by atoms with Crippen molar-refractivity contribution >= 4 is 31.9 Å². The number of aromatic nitrogens is 1. The monoisotopic (exact) mass is 234 g/mol. The first-order valence-corrected chi connectivity index (χ1v) is 9.24. The Bertz CT molecular complexity index is 527. The largest absolute Gasteiger partial charge is 0.305 e. The summed E-state index contributed by atoms with van der Waals surface area (Å²) in [5.74, 6) is 0. The van der Waals surface area contributed by atoms with E-state index in [0.717, 1.165) is 6.54 Å². The first kappa shape index (κ1) is 10.5.